The first-order valence-electron chi connectivity index (χ1n) is 18.1. The Morgan fingerprint density at radius 3 is 1.47 bits per heavy atom. The van der Waals surface area contributed by atoms with Gasteiger partial charge in [0.2, 0.25) is 0 Å². The summed E-state index contributed by atoms with van der Waals surface area (Å²) >= 11 is 0. The monoisotopic (exact) mass is 784 g/mol. The zero-order valence-electron chi connectivity index (χ0n) is 30.2. The van der Waals surface area contributed by atoms with Crippen molar-refractivity contribution in [1.29, 1.82) is 0 Å². The van der Waals surface area contributed by atoms with Crippen LogP contribution in [0.5, 0.6) is 0 Å². The number of alkyl halides is 6. The SMILES string of the molecule is O=C(Nc1ccc2ccccc2c1-c1c([P+](Cc2cc(C(F)(F)F)cc(C(F)(F)F)c2)(c2ccccc2)c2ccccc2)ccc2ccccc12)c1ccccc1. The van der Waals surface area contributed by atoms with Crippen LogP contribution in [-0.4, -0.2) is 5.91 Å². The molecule has 2 nitrogen and oxygen atoms in total. The predicted octanol–water partition coefficient (Wildman–Crippen LogP) is 12.4. The molecule has 0 saturated carbocycles. The Morgan fingerprint density at radius 1 is 0.491 bits per heavy atom. The highest BCUT2D eigenvalue weighted by Gasteiger charge is 2.49. The number of halogens is 6. The van der Waals surface area contributed by atoms with Gasteiger partial charge in [-0.05, 0) is 93.8 Å². The van der Waals surface area contributed by atoms with Crippen molar-refractivity contribution in [3.05, 3.63) is 204 Å². The van der Waals surface area contributed by atoms with Gasteiger partial charge in [0.05, 0.1) is 17.3 Å². The summed E-state index contributed by atoms with van der Waals surface area (Å²) in [7, 11) is -3.26. The van der Waals surface area contributed by atoms with Gasteiger partial charge in [-0.25, -0.2) is 0 Å². The van der Waals surface area contributed by atoms with Crippen molar-refractivity contribution in [1.82, 2.24) is 0 Å². The molecule has 0 radical (unpaired) electrons. The molecule has 8 rings (SSSR count). The molecule has 9 heteroatoms. The summed E-state index contributed by atoms with van der Waals surface area (Å²) in [6.07, 6.45) is -10.2. The van der Waals surface area contributed by atoms with E-state index in [2.05, 4.69) is 5.32 Å². The summed E-state index contributed by atoms with van der Waals surface area (Å²) in [4.78, 5) is 13.9. The van der Waals surface area contributed by atoms with E-state index >= 15 is 0 Å². The van der Waals surface area contributed by atoms with Crippen molar-refractivity contribution < 1.29 is 31.1 Å². The zero-order valence-corrected chi connectivity index (χ0v) is 31.0. The fourth-order valence-electron chi connectivity index (χ4n) is 7.71. The van der Waals surface area contributed by atoms with Gasteiger partial charge < -0.3 is 5.32 Å². The smallest absolute Gasteiger partial charge is 0.321 e. The van der Waals surface area contributed by atoms with E-state index < -0.39 is 30.7 Å². The molecule has 8 aromatic carbocycles. The van der Waals surface area contributed by atoms with Gasteiger partial charge in [-0.1, -0.05) is 115 Å². The number of benzene rings is 8. The van der Waals surface area contributed by atoms with Gasteiger partial charge in [0.1, 0.15) is 23.2 Å². The normalized spacial score (nSPS) is 12.2. The van der Waals surface area contributed by atoms with Gasteiger partial charge in [0, 0.05) is 22.4 Å². The summed E-state index contributed by atoms with van der Waals surface area (Å²) in [6.45, 7) is 0. The molecule has 0 heterocycles. The van der Waals surface area contributed by atoms with Gasteiger partial charge in [-0.3, -0.25) is 4.79 Å². The topological polar surface area (TPSA) is 29.1 Å². The Hall–Kier alpha value is -6.24. The van der Waals surface area contributed by atoms with E-state index in [1.165, 1.54) is 0 Å². The lowest BCUT2D eigenvalue weighted by atomic mass is 9.92. The van der Waals surface area contributed by atoms with E-state index in [1.54, 1.807) is 24.3 Å². The Morgan fingerprint density at radius 2 is 0.947 bits per heavy atom. The van der Waals surface area contributed by atoms with Crippen LogP contribution < -0.4 is 21.2 Å². The minimum Gasteiger partial charge on any atom is -0.321 e. The lowest BCUT2D eigenvalue weighted by molar-refractivity contribution is -0.143. The molecule has 8 aromatic rings. The van der Waals surface area contributed by atoms with Crippen LogP contribution in [0.2, 0.25) is 0 Å². The van der Waals surface area contributed by atoms with Crippen molar-refractivity contribution in [3.63, 3.8) is 0 Å². The molecule has 0 atom stereocenters. The van der Waals surface area contributed by atoms with E-state index in [1.807, 2.05) is 140 Å². The van der Waals surface area contributed by atoms with Crippen LogP contribution in [-0.2, 0) is 18.5 Å². The molecule has 0 aliphatic heterocycles. The summed E-state index contributed by atoms with van der Waals surface area (Å²) in [6, 6.07) is 52.4. The molecule has 282 valence electrons. The van der Waals surface area contributed by atoms with Crippen LogP contribution in [0.15, 0.2) is 182 Å². The molecule has 0 saturated heterocycles. The van der Waals surface area contributed by atoms with Crippen LogP contribution in [0, 0.1) is 0 Å². The first-order valence-corrected chi connectivity index (χ1v) is 20.1. The highest BCUT2D eigenvalue weighted by molar-refractivity contribution is 7.95. The lowest BCUT2D eigenvalue weighted by Crippen LogP contribution is -2.34. The maximum Gasteiger partial charge on any atom is 0.416 e. The number of anilines is 1. The van der Waals surface area contributed by atoms with Gasteiger partial charge in [0.25, 0.3) is 5.91 Å². The molecule has 0 bridgehead atoms. The number of hydrogen-bond donors (Lipinski definition) is 1. The largest absolute Gasteiger partial charge is 0.416 e. The number of carbonyl (C=O) groups is 1. The van der Waals surface area contributed by atoms with Crippen molar-refractivity contribution in [2.75, 3.05) is 5.32 Å². The van der Waals surface area contributed by atoms with Gasteiger partial charge in [0.15, 0.2) is 0 Å². The number of amides is 1. The maximum absolute atomic E-state index is 14.4. The Labute approximate surface area is 325 Å². The third kappa shape index (κ3) is 7.29. The van der Waals surface area contributed by atoms with E-state index in [0.29, 0.717) is 16.8 Å². The quantitative estimate of drug-likeness (QED) is 0.121. The van der Waals surface area contributed by atoms with Gasteiger partial charge >= 0.3 is 12.4 Å². The van der Waals surface area contributed by atoms with Crippen LogP contribution in [0.1, 0.15) is 27.0 Å². The van der Waals surface area contributed by atoms with Crippen LogP contribution in [0.4, 0.5) is 32.0 Å². The average Bonchev–Trinajstić information content (AvgIpc) is 3.23. The van der Waals surface area contributed by atoms with Gasteiger partial charge in [-0.15, -0.1) is 0 Å². The van der Waals surface area contributed by atoms with Crippen molar-refractivity contribution in [2.45, 2.75) is 18.5 Å². The summed E-state index contributed by atoms with van der Waals surface area (Å²) < 4.78 is 86.5. The zero-order chi connectivity index (χ0) is 39.8. The molecule has 0 fully saturated rings. The molecule has 0 aromatic heterocycles. The Kier molecular flexibility index (Phi) is 9.92. The minimum absolute atomic E-state index is 0.104. The fraction of sp³-hybridized carbons (Fsp3) is 0.0625. The first kappa shape index (κ1) is 37.7. The molecule has 0 spiro atoms. The highest BCUT2D eigenvalue weighted by Crippen LogP contribution is 2.61. The summed E-state index contributed by atoms with van der Waals surface area (Å²) in [5.41, 5.74) is -0.505. The van der Waals surface area contributed by atoms with Crippen molar-refractivity contribution >= 4 is 56.3 Å². The fourth-order valence-corrected chi connectivity index (χ4v) is 12.1. The van der Waals surface area contributed by atoms with E-state index in [-0.39, 0.29) is 23.7 Å². The number of hydrogen-bond acceptors (Lipinski definition) is 1. The predicted molar refractivity (Wildman–Crippen MR) is 220 cm³/mol. The standard InChI is InChI=1S/C48H32F6NOP/c49-47(50,51)36-28-32(29-37(30-36)48(52,53)54)31-57(38-18-6-2-7-19-38,39-20-8-3-9-21-39)43-27-25-34-15-11-13-23-41(34)45(43)44-40-22-12-10-14-33(40)24-26-42(44)55-46(56)35-16-4-1-5-17-35/h1-30H,31H2/p+1. The molecule has 0 aliphatic carbocycles. The lowest BCUT2D eigenvalue weighted by Gasteiger charge is -2.31. The first-order chi connectivity index (χ1) is 27.4. The maximum atomic E-state index is 14.4. The Bertz CT molecular complexity index is 2660. The van der Waals surface area contributed by atoms with Crippen LogP contribution in [0.25, 0.3) is 32.7 Å². The Balaban J connectivity index is 1.52. The minimum atomic E-state index is -5.03. The van der Waals surface area contributed by atoms with E-state index in [4.69, 9.17) is 0 Å². The molecule has 1 N–H and O–H groups in total. The second-order valence-corrected chi connectivity index (χ2v) is 17.2. The second-order valence-electron chi connectivity index (χ2n) is 13.8. The highest BCUT2D eigenvalue weighted by atomic mass is 31.2. The van der Waals surface area contributed by atoms with Crippen molar-refractivity contribution in [3.8, 4) is 11.1 Å². The molecule has 0 aliphatic rings. The molecule has 1 amide bonds. The van der Waals surface area contributed by atoms with E-state index in [0.717, 1.165) is 55.2 Å². The van der Waals surface area contributed by atoms with Crippen LogP contribution in [0.3, 0.4) is 0 Å². The number of fused-ring (bicyclic) bond motifs is 2. The number of rotatable bonds is 8. The summed E-state index contributed by atoms with van der Waals surface area (Å²) in [5.74, 6) is -0.343. The number of nitrogens with one attached hydrogen (secondary N) is 1. The third-order valence-electron chi connectivity index (χ3n) is 10.2. The van der Waals surface area contributed by atoms with Gasteiger partial charge in [-0.2, -0.15) is 26.3 Å². The molecular weight excluding hydrogens is 751 g/mol. The average molecular weight is 785 g/mol. The molecular formula is C48H33F6NOP+. The molecule has 0 unspecified atom stereocenters. The summed E-state index contributed by atoms with van der Waals surface area (Å²) in [5, 5.41) is 8.76. The second kappa shape index (κ2) is 15.0. The van der Waals surface area contributed by atoms with E-state index in [9.17, 15) is 31.1 Å². The van der Waals surface area contributed by atoms with Crippen molar-refractivity contribution in [2.24, 2.45) is 0 Å². The number of carbonyl (C=O) groups excluding carboxylic acids is 1. The molecule has 57 heavy (non-hydrogen) atoms. The third-order valence-corrected chi connectivity index (χ3v) is 14.6. The van der Waals surface area contributed by atoms with Crippen LogP contribution >= 0.6 is 7.26 Å².